The molecule has 3 unspecified atom stereocenters. The van der Waals surface area contributed by atoms with Crippen molar-refractivity contribution in [3.63, 3.8) is 0 Å². The fourth-order valence-corrected chi connectivity index (χ4v) is 1.83. The molecule has 1 heterocycles. The molecule has 3 N–H and O–H groups in total. The Bertz CT molecular complexity index is 198. The van der Waals surface area contributed by atoms with Gasteiger partial charge in [0.2, 0.25) is 0 Å². The lowest BCUT2D eigenvalue weighted by Crippen LogP contribution is -2.44. The third kappa shape index (κ3) is 4.36. The summed E-state index contributed by atoms with van der Waals surface area (Å²) in [5.41, 5.74) is 2.41. The zero-order valence-corrected chi connectivity index (χ0v) is 8.68. The van der Waals surface area contributed by atoms with Crippen molar-refractivity contribution in [3.8, 4) is 0 Å². The van der Waals surface area contributed by atoms with Gasteiger partial charge in [-0.2, -0.15) is 13.2 Å². The van der Waals surface area contributed by atoms with Gasteiger partial charge in [0.05, 0.1) is 12.2 Å². The van der Waals surface area contributed by atoms with E-state index in [1.165, 1.54) is 0 Å². The maximum atomic E-state index is 12.0. The molecule has 1 aliphatic heterocycles. The minimum atomic E-state index is -4.13. The highest BCUT2D eigenvalue weighted by molar-refractivity contribution is 4.82. The lowest BCUT2D eigenvalue weighted by atomic mass is 10.0. The monoisotopic (exact) mass is 226 g/mol. The predicted octanol–water partition coefficient (Wildman–Crippen LogP) is 1.73. The minimum Gasteiger partial charge on any atom is -0.374 e. The molecule has 0 aliphatic carbocycles. The molecule has 90 valence electrons. The average molecular weight is 226 g/mol. The van der Waals surface area contributed by atoms with Gasteiger partial charge in [-0.1, -0.05) is 0 Å². The van der Waals surface area contributed by atoms with Gasteiger partial charge in [-0.3, -0.25) is 11.3 Å². The van der Waals surface area contributed by atoms with E-state index in [1.54, 1.807) is 0 Å². The molecule has 0 saturated carbocycles. The van der Waals surface area contributed by atoms with Gasteiger partial charge < -0.3 is 4.74 Å². The Morgan fingerprint density at radius 2 is 2.13 bits per heavy atom. The van der Waals surface area contributed by atoms with Gasteiger partial charge in [-0.25, -0.2) is 0 Å². The van der Waals surface area contributed by atoms with E-state index in [1.807, 2.05) is 6.92 Å². The number of hydrazine groups is 1. The molecule has 15 heavy (non-hydrogen) atoms. The van der Waals surface area contributed by atoms with Crippen LogP contribution in [-0.4, -0.2) is 24.4 Å². The van der Waals surface area contributed by atoms with Gasteiger partial charge in [0.25, 0.3) is 0 Å². The topological polar surface area (TPSA) is 47.3 Å². The van der Waals surface area contributed by atoms with E-state index in [-0.39, 0.29) is 18.6 Å². The lowest BCUT2D eigenvalue weighted by Gasteiger charge is -2.23. The van der Waals surface area contributed by atoms with Crippen LogP contribution < -0.4 is 11.3 Å². The van der Waals surface area contributed by atoms with E-state index >= 15 is 0 Å². The molecule has 0 amide bonds. The van der Waals surface area contributed by atoms with Crippen LogP contribution in [0.15, 0.2) is 0 Å². The van der Waals surface area contributed by atoms with Crippen LogP contribution in [0.5, 0.6) is 0 Å². The number of hydrogen-bond donors (Lipinski definition) is 2. The summed E-state index contributed by atoms with van der Waals surface area (Å²) in [5.74, 6) is 5.23. The summed E-state index contributed by atoms with van der Waals surface area (Å²) < 4.78 is 41.5. The van der Waals surface area contributed by atoms with Gasteiger partial charge >= 0.3 is 6.18 Å². The molecule has 1 saturated heterocycles. The van der Waals surface area contributed by atoms with Gasteiger partial charge in [0.1, 0.15) is 0 Å². The van der Waals surface area contributed by atoms with Crippen molar-refractivity contribution >= 4 is 0 Å². The van der Waals surface area contributed by atoms with Crippen molar-refractivity contribution in [2.45, 2.75) is 57.0 Å². The second-order valence-electron chi connectivity index (χ2n) is 3.99. The molecular formula is C9H17F3N2O. The van der Waals surface area contributed by atoms with Crippen molar-refractivity contribution in [3.05, 3.63) is 0 Å². The third-order valence-electron chi connectivity index (χ3n) is 2.67. The lowest BCUT2D eigenvalue weighted by molar-refractivity contribution is -0.138. The van der Waals surface area contributed by atoms with E-state index in [0.717, 1.165) is 12.8 Å². The first-order chi connectivity index (χ1) is 6.92. The molecule has 1 fully saturated rings. The van der Waals surface area contributed by atoms with Crippen LogP contribution in [0.2, 0.25) is 0 Å². The number of halogens is 3. The highest BCUT2D eigenvalue weighted by Crippen LogP contribution is 2.27. The van der Waals surface area contributed by atoms with E-state index in [4.69, 9.17) is 10.6 Å². The van der Waals surface area contributed by atoms with Crippen LogP contribution in [0, 0.1) is 0 Å². The summed E-state index contributed by atoms with van der Waals surface area (Å²) in [6, 6.07) is -0.406. The Morgan fingerprint density at radius 1 is 1.47 bits per heavy atom. The van der Waals surface area contributed by atoms with E-state index < -0.39 is 18.6 Å². The highest BCUT2D eigenvalue weighted by Gasteiger charge is 2.33. The Hall–Kier alpha value is -0.330. The van der Waals surface area contributed by atoms with Gasteiger partial charge in [0.15, 0.2) is 0 Å². The first-order valence-corrected chi connectivity index (χ1v) is 5.10. The Labute approximate surface area is 87.1 Å². The van der Waals surface area contributed by atoms with E-state index in [2.05, 4.69) is 5.43 Å². The third-order valence-corrected chi connectivity index (χ3v) is 2.67. The quantitative estimate of drug-likeness (QED) is 0.567. The molecule has 0 bridgehead atoms. The molecule has 0 spiro atoms. The van der Waals surface area contributed by atoms with Crippen LogP contribution in [0.4, 0.5) is 13.2 Å². The molecule has 0 aromatic heterocycles. The van der Waals surface area contributed by atoms with Gasteiger partial charge in [-0.05, 0) is 26.2 Å². The minimum absolute atomic E-state index is 0.0304. The van der Waals surface area contributed by atoms with Crippen molar-refractivity contribution < 1.29 is 17.9 Å². The molecule has 1 rings (SSSR count). The van der Waals surface area contributed by atoms with E-state index in [0.29, 0.717) is 0 Å². The maximum Gasteiger partial charge on any atom is 0.389 e. The summed E-state index contributed by atoms with van der Waals surface area (Å²) in [6.07, 6.45) is -3.39. The van der Waals surface area contributed by atoms with Gasteiger partial charge in [-0.15, -0.1) is 0 Å². The Kier molecular flexibility index (Phi) is 4.36. The summed E-state index contributed by atoms with van der Waals surface area (Å²) in [7, 11) is 0. The summed E-state index contributed by atoms with van der Waals surface area (Å²) in [4.78, 5) is 0. The van der Waals surface area contributed by atoms with Crippen LogP contribution in [0.25, 0.3) is 0 Å². The molecular weight excluding hydrogens is 209 g/mol. The van der Waals surface area contributed by atoms with Crippen molar-refractivity contribution in [2.75, 3.05) is 0 Å². The van der Waals surface area contributed by atoms with Crippen LogP contribution >= 0.6 is 0 Å². The van der Waals surface area contributed by atoms with Crippen LogP contribution in [-0.2, 0) is 4.74 Å². The molecule has 0 aromatic rings. The van der Waals surface area contributed by atoms with Gasteiger partial charge in [0, 0.05) is 12.5 Å². The average Bonchev–Trinajstić information content (AvgIpc) is 2.51. The molecule has 3 nitrogen and oxygen atoms in total. The normalized spacial score (nSPS) is 29.4. The van der Waals surface area contributed by atoms with Crippen molar-refractivity contribution in [2.24, 2.45) is 5.84 Å². The molecule has 0 radical (unpaired) electrons. The number of nitrogens with one attached hydrogen (secondary N) is 1. The Morgan fingerprint density at radius 3 is 2.53 bits per heavy atom. The van der Waals surface area contributed by atoms with Crippen LogP contribution in [0.1, 0.15) is 32.6 Å². The maximum absolute atomic E-state index is 12.0. The number of rotatable bonds is 4. The molecule has 6 heteroatoms. The number of hydrogen-bond acceptors (Lipinski definition) is 3. The predicted molar refractivity (Wildman–Crippen MR) is 50.0 cm³/mol. The molecule has 0 aromatic carbocycles. The SMILES string of the molecule is CC1CCC(C(CCC(F)(F)F)NN)O1. The summed E-state index contributed by atoms with van der Waals surface area (Å²) in [5, 5.41) is 0. The number of alkyl halides is 3. The van der Waals surface area contributed by atoms with E-state index in [9.17, 15) is 13.2 Å². The fourth-order valence-electron chi connectivity index (χ4n) is 1.83. The van der Waals surface area contributed by atoms with Crippen LogP contribution in [0.3, 0.4) is 0 Å². The smallest absolute Gasteiger partial charge is 0.374 e. The summed E-state index contributed by atoms with van der Waals surface area (Å²) >= 11 is 0. The largest absolute Gasteiger partial charge is 0.389 e. The number of ether oxygens (including phenoxy) is 1. The van der Waals surface area contributed by atoms with Crippen molar-refractivity contribution in [1.82, 2.24) is 5.43 Å². The molecule has 1 aliphatic rings. The summed E-state index contributed by atoms with van der Waals surface area (Å²) in [6.45, 7) is 1.91. The first kappa shape index (κ1) is 12.7. The second kappa shape index (κ2) is 5.14. The first-order valence-electron chi connectivity index (χ1n) is 5.10. The fraction of sp³-hybridized carbons (Fsp3) is 1.00. The zero-order valence-electron chi connectivity index (χ0n) is 8.68. The Balaban J connectivity index is 2.36. The van der Waals surface area contributed by atoms with Crippen molar-refractivity contribution in [1.29, 1.82) is 0 Å². The standard InChI is InChI=1S/C9H17F3N2O/c1-6-2-3-8(15-6)7(14-13)4-5-9(10,11)12/h6-8,14H,2-5,13H2,1H3. The number of nitrogens with two attached hydrogens (primary N) is 1. The highest BCUT2D eigenvalue weighted by atomic mass is 19.4. The zero-order chi connectivity index (χ0) is 11.5. The second-order valence-corrected chi connectivity index (χ2v) is 3.99. The molecule has 3 atom stereocenters.